The summed E-state index contributed by atoms with van der Waals surface area (Å²) in [5, 5.41) is 0.333. The minimum Gasteiger partial charge on any atom is -0.294 e. The van der Waals surface area contributed by atoms with Gasteiger partial charge in [0, 0.05) is 6.92 Å². The first-order valence-corrected chi connectivity index (χ1v) is 9.12. The maximum Gasteiger partial charge on any atom is 0.171 e. The maximum atomic E-state index is 12.3. The Morgan fingerprint density at radius 2 is 1.95 bits per heavy atom. The summed E-state index contributed by atoms with van der Waals surface area (Å²) in [6.07, 6.45) is 4.67. The average Bonchev–Trinajstić information content (AvgIpc) is 2.71. The first-order valence-electron chi connectivity index (χ1n) is 6.59. The molecule has 0 amide bonds. The zero-order valence-electron chi connectivity index (χ0n) is 11.3. The number of hydrogen-bond donors (Lipinski definition) is 0. The van der Waals surface area contributed by atoms with Gasteiger partial charge in [0.05, 0.1) is 15.8 Å². The molecule has 106 valence electrons. The van der Waals surface area contributed by atoms with Gasteiger partial charge in [-0.05, 0) is 19.8 Å². The van der Waals surface area contributed by atoms with Crippen LogP contribution in [0.5, 0.6) is 0 Å². The van der Waals surface area contributed by atoms with Gasteiger partial charge in [-0.2, -0.15) is 0 Å². The Bertz CT molecular complexity index is 569. The van der Waals surface area contributed by atoms with E-state index < -0.39 is 9.84 Å². The molecule has 0 spiro atoms. The molecule has 1 aliphatic rings. The van der Waals surface area contributed by atoms with Crippen LogP contribution in [0, 0.1) is 6.92 Å². The molecule has 0 N–H and O–H groups in total. The van der Waals surface area contributed by atoms with Crippen molar-refractivity contribution >= 4 is 27.0 Å². The number of Topliss-reactive ketones (excluding diaryl/α,β-unsaturated/α-hetero) is 1. The Morgan fingerprint density at radius 1 is 1.32 bits per heavy atom. The molecule has 0 aromatic carbocycles. The highest BCUT2D eigenvalue weighted by atomic mass is 32.2. The normalized spacial score (nSPS) is 17.6. The minimum atomic E-state index is -3.13. The van der Waals surface area contributed by atoms with Crippen LogP contribution in [-0.4, -0.2) is 24.4 Å². The summed E-state index contributed by atoms with van der Waals surface area (Å²) in [4.78, 5) is 16.2. The molecule has 2 rings (SSSR count). The molecule has 1 aliphatic carbocycles. The summed E-state index contributed by atoms with van der Waals surface area (Å²) in [6, 6.07) is 0. The fourth-order valence-electron chi connectivity index (χ4n) is 2.55. The smallest absolute Gasteiger partial charge is 0.171 e. The first-order chi connectivity index (χ1) is 8.90. The quantitative estimate of drug-likeness (QED) is 0.802. The van der Waals surface area contributed by atoms with Gasteiger partial charge in [0.25, 0.3) is 0 Å². The van der Waals surface area contributed by atoms with Crippen LogP contribution in [0.1, 0.15) is 59.4 Å². The van der Waals surface area contributed by atoms with E-state index in [-0.39, 0.29) is 16.8 Å². The molecular weight excluding hydrogens is 282 g/mol. The molecule has 1 heterocycles. The topological polar surface area (TPSA) is 64.1 Å². The van der Waals surface area contributed by atoms with Gasteiger partial charge in [-0.3, -0.25) is 4.79 Å². The maximum absolute atomic E-state index is 12.3. The molecule has 19 heavy (non-hydrogen) atoms. The van der Waals surface area contributed by atoms with Crippen LogP contribution in [0.3, 0.4) is 0 Å². The van der Waals surface area contributed by atoms with Crippen LogP contribution in [0.25, 0.3) is 0 Å². The van der Waals surface area contributed by atoms with E-state index in [9.17, 15) is 13.2 Å². The summed E-state index contributed by atoms with van der Waals surface area (Å²) in [6.45, 7) is 3.24. The van der Waals surface area contributed by atoms with Crippen molar-refractivity contribution in [1.29, 1.82) is 0 Å². The van der Waals surface area contributed by atoms with Crippen LogP contribution in [0.2, 0.25) is 0 Å². The lowest BCUT2D eigenvalue weighted by molar-refractivity contribution is 0.102. The highest BCUT2D eigenvalue weighted by molar-refractivity contribution is 7.91. The van der Waals surface area contributed by atoms with Crippen molar-refractivity contribution in [2.45, 2.75) is 57.0 Å². The summed E-state index contributed by atoms with van der Waals surface area (Å²) < 4.78 is 24.7. The van der Waals surface area contributed by atoms with E-state index >= 15 is 0 Å². The predicted molar refractivity (Wildman–Crippen MR) is 76.4 cm³/mol. The zero-order valence-corrected chi connectivity index (χ0v) is 12.9. The number of aryl methyl sites for hydroxylation is 1. The Hall–Kier alpha value is -0.750. The molecule has 6 heteroatoms. The Kier molecular flexibility index (Phi) is 4.40. The third-order valence-corrected chi connectivity index (χ3v) is 7.15. The van der Waals surface area contributed by atoms with Crippen LogP contribution in [0.4, 0.5) is 0 Å². The van der Waals surface area contributed by atoms with Gasteiger partial charge in [0.2, 0.25) is 0 Å². The number of thiazole rings is 1. The lowest BCUT2D eigenvalue weighted by atomic mass is 10.0. The fraction of sp³-hybridized carbons (Fsp3) is 0.692. The van der Waals surface area contributed by atoms with E-state index in [0.717, 1.165) is 32.1 Å². The Labute approximate surface area is 118 Å². The van der Waals surface area contributed by atoms with Gasteiger partial charge in [-0.25, -0.2) is 13.4 Å². The lowest BCUT2D eigenvalue weighted by Gasteiger charge is -2.21. The molecule has 0 radical (unpaired) electrons. The molecule has 0 saturated heterocycles. The molecule has 1 saturated carbocycles. The number of rotatable bonds is 4. The van der Waals surface area contributed by atoms with Crippen LogP contribution in [-0.2, 0) is 15.6 Å². The molecule has 4 nitrogen and oxygen atoms in total. The van der Waals surface area contributed by atoms with Crippen molar-refractivity contribution in [1.82, 2.24) is 4.98 Å². The number of carbonyl (C=O) groups excluding carboxylic acids is 1. The third kappa shape index (κ3) is 3.42. The number of hydrogen-bond acceptors (Lipinski definition) is 5. The van der Waals surface area contributed by atoms with Crippen molar-refractivity contribution in [2.24, 2.45) is 0 Å². The third-order valence-electron chi connectivity index (χ3n) is 3.55. The summed E-state index contributed by atoms with van der Waals surface area (Å²) in [5.41, 5.74) is 0.645. The monoisotopic (exact) mass is 301 g/mol. The van der Waals surface area contributed by atoms with E-state index in [4.69, 9.17) is 0 Å². The molecule has 0 unspecified atom stereocenters. The Balaban J connectivity index is 2.15. The van der Waals surface area contributed by atoms with Crippen molar-refractivity contribution < 1.29 is 13.2 Å². The van der Waals surface area contributed by atoms with Crippen molar-refractivity contribution in [3.63, 3.8) is 0 Å². The summed E-state index contributed by atoms with van der Waals surface area (Å²) in [5.74, 6) is -0.0625. The molecular formula is C13H19NO3S2. The van der Waals surface area contributed by atoms with E-state index in [1.807, 2.05) is 0 Å². The van der Waals surface area contributed by atoms with Gasteiger partial charge in [-0.15, -0.1) is 11.3 Å². The van der Waals surface area contributed by atoms with Gasteiger partial charge in [0.15, 0.2) is 15.6 Å². The second-order valence-electron chi connectivity index (χ2n) is 5.15. The second kappa shape index (κ2) is 5.71. The van der Waals surface area contributed by atoms with E-state index in [0.29, 0.717) is 15.6 Å². The predicted octanol–water partition coefficient (Wildman–Crippen LogP) is 2.90. The standard InChI is InChI=1S/C13H19NO3S2/c1-9-13(10(2)15)18-12(14-9)8-19(16,17)11-6-4-3-5-7-11/h11H,3-8H2,1-2H3. The summed E-state index contributed by atoms with van der Waals surface area (Å²) in [7, 11) is -3.13. The van der Waals surface area contributed by atoms with Gasteiger partial charge in [-0.1, -0.05) is 19.3 Å². The van der Waals surface area contributed by atoms with Crippen molar-refractivity contribution in [3.8, 4) is 0 Å². The van der Waals surface area contributed by atoms with Crippen molar-refractivity contribution in [2.75, 3.05) is 0 Å². The van der Waals surface area contributed by atoms with Gasteiger partial charge in [0.1, 0.15) is 10.8 Å². The summed E-state index contributed by atoms with van der Waals surface area (Å²) >= 11 is 1.22. The number of nitrogens with zero attached hydrogens (tertiary/aromatic N) is 1. The first kappa shape index (κ1) is 14.7. The average molecular weight is 301 g/mol. The molecule has 1 aromatic heterocycles. The number of aromatic nitrogens is 1. The number of carbonyl (C=O) groups is 1. The molecule has 1 fully saturated rings. The van der Waals surface area contributed by atoms with Gasteiger partial charge >= 0.3 is 0 Å². The van der Waals surface area contributed by atoms with Crippen molar-refractivity contribution in [3.05, 3.63) is 15.6 Å². The number of sulfone groups is 1. The molecule has 0 bridgehead atoms. The number of ketones is 1. The largest absolute Gasteiger partial charge is 0.294 e. The van der Waals surface area contributed by atoms with Crippen LogP contribution >= 0.6 is 11.3 Å². The molecule has 0 aliphatic heterocycles. The fourth-order valence-corrected chi connectivity index (χ4v) is 5.73. The highest BCUT2D eigenvalue weighted by Crippen LogP contribution is 2.28. The lowest BCUT2D eigenvalue weighted by Crippen LogP contribution is -2.25. The Morgan fingerprint density at radius 3 is 2.47 bits per heavy atom. The van der Waals surface area contributed by atoms with Gasteiger partial charge < -0.3 is 0 Å². The second-order valence-corrected chi connectivity index (χ2v) is 8.51. The van der Waals surface area contributed by atoms with E-state index in [2.05, 4.69) is 4.98 Å². The molecule has 0 atom stereocenters. The molecule has 1 aromatic rings. The van der Waals surface area contributed by atoms with E-state index in [1.54, 1.807) is 6.92 Å². The van der Waals surface area contributed by atoms with Crippen LogP contribution in [0.15, 0.2) is 0 Å². The minimum absolute atomic E-state index is 0.0174. The SMILES string of the molecule is CC(=O)c1sc(CS(=O)(=O)C2CCCCC2)nc1C. The van der Waals surface area contributed by atoms with Crippen LogP contribution < -0.4 is 0 Å². The zero-order chi connectivity index (χ0) is 14.0. The highest BCUT2D eigenvalue weighted by Gasteiger charge is 2.28. The van der Waals surface area contributed by atoms with E-state index in [1.165, 1.54) is 18.3 Å².